The molecule has 0 amide bonds. The van der Waals surface area contributed by atoms with Crippen LogP contribution in [0.25, 0.3) is 0 Å². The smallest absolute Gasteiger partial charge is 0.373 e. The normalized spacial score (nSPS) is 8.08. The fourth-order valence-electron chi connectivity index (χ4n) is 0.742. The van der Waals surface area contributed by atoms with Crippen molar-refractivity contribution in [1.29, 1.82) is 0 Å². The van der Waals surface area contributed by atoms with Crippen LogP contribution in [0.3, 0.4) is 0 Å². The second-order valence-electron chi connectivity index (χ2n) is 2.36. The molecule has 0 aliphatic carbocycles. The zero-order valence-electron chi connectivity index (χ0n) is 7.36. The van der Waals surface area contributed by atoms with Gasteiger partial charge in [0, 0.05) is 6.42 Å². The summed E-state index contributed by atoms with van der Waals surface area (Å²) in [6, 6.07) is 0. The van der Waals surface area contributed by atoms with Gasteiger partial charge in [-0.15, -0.1) is 0 Å². The highest BCUT2D eigenvalue weighted by atomic mass is 32.1. The Labute approximate surface area is 82.7 Å². The maximum atomic E-state index is 10.0. The van der Waals surface area contributed by atoms with E-state index >= 15 is 0 Å². The number of carboxylic acids is 1. The molecule has 0 bridgehead atoms. The molecule has 76 valence electrons. The standard InChI is InChI=1S/C7H14O2S.CO2/c8-7(9)5-3-1-2-4-6-10;2-1-3/h10H,1-6H2,(H,8,9);. The van der Waals surface area contributed by atoms with E-state index in [2.05, 4.69) is 12.6 Å². The van der Waals surface area contributed by atoms with E-state index in [1.807, 2.05) is 0 Å². The van der Waals surface area contributed by atoms with E-state index in [9.17, 15) is 4.79 Å². The van der Waals surface area contributed by atoms with Gasteiger partial charge in [0.25, 0.3) is 0 Å². The van der Waals surface area contributed by atoms with Gasteiger partial charge in [0.1, 0.15) is 0 Å². The van der Waals surface area contributed by atoms with Crippen LogP contribution in [0.2, 0.25) is 0 Å². The van der Waals surface area contributed by atoms with E-state index < -0.39 is 5.97 Å². The van der Waals surface area contributed by atoms with Crippen molar-refractivity contribution in [3.8, 4) is 0 Å². The van der Waals surface area contributed by atoms with Gasteiger partial charge in [-0.1, -0.05) is 12.8 Å². The minimum Gasteiger partial charge on any atom is -0.481 e. The molecule has 0 aliphatic heterocycles. The number of rotatable bonds is 6. The predicted octanol–water partition coefficient (Wildman–Crippen LogP) is 1.37. The minimum atomic E-state index is -0.689. The zero-order valence-corrected chi connectivity index (χ0v) is 8.26. The largest absolute Gasteiger partial charge is 0.481 e. The fourth-order valence-corrected chi connectivity index (χ4v) is 0.965. The Bertz CT molecular complexity index is 152. The van der Waals surface area contributed by atoms with E-state index in [1.54, 1.807) is 0 Å². The van der Waals surface area contributed by atoms with Crippen molar-refractivity contribution in [3.63, 3.8) is 0 Å². The van der Waals surface area contributed by atoms with E-state index in [4.69, 9.17) is 14.7 Å². The highest BCUT2D eigenvalue weighted by Crippen LogP contribution is 2.03. The molecule has 0 aromatic carbocycles. The number of hydrogen-bond acceptors (Lipinski definition) is 4. The van der Waals surface area contributed by atoms with Gasteiger partial charge in [0.05, 0.1) is 0 Å². The molecule has 5 heteroatoms. The molecule has 1 N–H and O–H groups in total. The molecule has 0 aromatic heterocycles. The number of hydrogen-bond donors (Lipinski definition) is 2. The molecule has 0 rings (SSSR count). The monoisotopic (exact) mass is 206 g/mol. The maximum Gasteiger partial charge on any atom is 0.373 e. The molecule has 0 aromatic rings. The van der Waals surface area contributed by atoms with Gasteiger partial charge >= 0.3 is 12.1 Å². The van der Waals surface area contributed by atoms with Crippen molar-refractivity contribution in [1.82, 2.24) is 0 Å². The Hall–Kier alpha value is -0.800. The van der Waals surface area contributed by atoms with E-state index in [1.165, 1.54) is 0 Å². The summed E-state index contributed by atoms with van der Waals surface area (Å²) in [7, 11) is 0. The van der Waals surface area contributed by atoms with Gasteiger partial charge < -0.3 is 5.11 Å². The van der Waals surface area contributed by atoms with E-state index in [-0.39, 0.29) is 6.15 Å². The molecule has 0 fully saturated rings. The zero-order chi connectivity index (χ0) is 10.5. The van der Waals surface area contributed by atoms with Gasteiger partial charge in [-0.05, 0) is 18.6 Å². The average Bonchev–Trinajstić information content (AvgIpc) is 2.05. The summed E-state index contributed by atoms with van der Waals surface area (Å²) in [5.74, 6) is 0.221. The van der Waals surface area contributed by atoms with Crippen molar-refractivity contribution < 1.29 is 19.5 Å². The molecule has 0 heterocycles. The van der Waals surface area contributed by atoms with Crippen LogP contribution in [0.4, 0.5) is 0 Å². The fraction of sp³-hybridized carbons (Fsp3) is 0.750. The Morgan fingerprint density at radius 3 is 2.00 bits per heavy atom. The summed E-state index contributed by atoms with van der Waals surface area (Å²) in [5.41, 5.74) is 0. The molecule has 0 atom stereocenters. The minimum absolute atomic E-state index is 0.250. The topological polar surface area (TPSA) is 71.4 Å². The summed E-state index contributed by atoms with van der Waals surface area (Å²) < 4.78 is 0. The molecule has 0 aliphatic rings. The third kappa shape index (κ3) is 24.7. The highest BCUT2D eigenvalue weighted by molar-refractivity contribution is 7.80. The number of carboxylic acid groups (broad SMARTS) is 1. The molecule has 0 unspecified atom stereocenters. The van der Waals surface area contributed by atoms with Crippen LogP contribution in [0.15, 0.2) is 0 Å². The van der Waals surface area contributed by atoms with Crippen molar-refractivity contribution >= 4 is 24.7 Å². The molecule has 13 heavy (non-hydrogen) atoms. The second-order valence-corrected chi connectivity index (χ2v) is 2.81. The van der Waals surface area contributed by atoms with E-state index in [0.717, 1.165) is 31.4 Å². The Morgan fingerprint density at radius 1 is 1.15 bits per heavy atom. The van der Waals surface area contributed by atoms with Crippen LogP contribution in [0.5, 0.6) is 0 Å². The number of carbonyl (C=O) groups is 1. The van der Waals surface area contributed by atoms with Gasteiger partial charge in [-0.2, -0.15) is 22.2 Å². The first-order valence-electron chi connectivity index (χ1n) is 4.01. The summed E-state index contributed by atoms with van der Waals surface area (Å²) in [6.07, 6.45) is 4.60. The van der Waals surface area contributed by atoms with Crippen LogP contribution < -0.4 is 0 Å². The first kappa shape index (κ1) is 14.7. The SMILES string of the molecule is O=C(O)CCCCCCS.O=C=O. The highest BCUT2D eigenvalue weighted by Gasteiger charge is 1.94. The maximum absolute atomic E-state index is 10.0. The second kappa shape index (κ2) is 13.8. The molecular formula is C8H14O4S. The summed E-state index contributed by atoms with van der Waals surface area (Å²) in [4.78, 5) is 26.3. The van der Waals surface area contributed by atoms with Gasteiger partial charge in [-0.3, -0.25) is 4.79 Å². The van der Waals surface area contributed by atoms with Gasteiger partial charge in [0.2, 0.25) is 0 Å². The van der Waals surface area contributed by atoms with Crippen LogP contribution in [0.1, 0.15) is 32.1 Å². The van der Waals surface area contributed by atoms with Crippen LogP contribution in [0, 0.1) is 0 Å². The van der Waals surface area contributed by atoms with Crippen LogP contribution in [-0.2, 0) is 14.4 Å². The predicted molar refractivity (Wildman–Crippen MR) is 49.6 cm³/mol. The number of aliphatic carboxylic acids is 1. The Kier molecular flexibility index (Phi) is 15.6. The molecule has 0 saturated carbocycles. The lowest BCUT2D eigenvalue weighted by Crippen LogP contribution is -1.93. The molecule has 0 saturated heterocycles. The number of thiol groups is 1. The molecular weight excluding hydrogens is 192 g/mol. The lowest BCUT2D eigenvalue weighted by Gasteiger charge is -1.95. The van der Waals surface area contributed by atoms with Crippen LogP contribution >= 0.6 is 12.6 Å². The summed E-state index contributed by atoms with van der Waals surface area (Å²) in [5, 5.41) is 8.25. The molecule has 0 radical (unpaired) electrons. The van der Waals surface area contributed by atoms with Crippen LogP contribution in [-0.4, -0.2) is 23.0 Å². The first-order valence-corrected chi connectivity index (χ1v) is 4.64. The van der Waals surface area contributed by atoms with Crippen molar-refractivity contribution in [2.24, 2.45) is 0 Å². The summed E-state index contributed by atoms with van der Waals surface area (Å²) >= 11 is 4.05. The third-order valence-corrected chi connectivity index (χ3v) is 1.61. The number of carbonyl (C=O) groups excluding carboxylic acids is 2. The first-order chi connectivity index (χ1) is 6.18. The van der Waals surface area contributed by atoms with Gasteiger partial charge in [-0.25, -0.2) is 0 Å². The number of unbranched alkanes of at least 4 members (excludes halogenated alkanes) is 3. The lowest BCUT2D eigenvalue weighted by atomic mass is 10.2. The van der Waals surface area contributed by atoms with E-state index in [0.29, 0.717) is 6.42 Å². The van der Waals surface area contributed by atoms with Crippen molar-refractivity contribution in [3.05, 3.63) is 0 Å². The van der Waals surface area contributed by atoms with Crippen molar-refractivity contribution in [2.75, 3.05) is 5.75 Å². The Balaban J connectivity index is 0. The molecule has 4 nitrogen and oxygen atoms in total. The molecule has 0 spiro atoms. The third-order valence-electron chi connectivity index (χ3n) is 1.30. The van der Waals surface area contributed by atoms with Gasteiger partial charge in [0.15, 0.2) is 0 Å². The average molecular weight is 206 g/mol. The quantitative estimate of drug-likeness (QED) is 0.508. The summed E-state index contributed by atoms with van der Waals surface area (Å²) in [6.45, 7) is 0. The lowest BCUT2D eigenvalue weighted by molar-refractivity contribution is -0.191. The van der Waals surface area contributed by atoms with Crippen molar-refractivity contribution in [2.45, 2.75) is 32.1 Å². The Morgan fingerprint density at radius 2 is 1.62 bits per heavy atom.